The second-order valence-corrected chi connectivity index (χ2v) is 5.75. The number of hydrogen-bond donors (Lipinski definition) is 2. The topological polar surface area (TPSA) is 128 Å². The molecule has 9 nitrogen and oxygen atoms in total. The van der Waals surface area contributed by atoms with Crippen molar-refractivity contribution >= 4 is 23.5 Å². The van der Waals surface area contributed by atoms with Crippen molar-refractivity contribution in [3.05, 3.63) is 39.9 Å². The van der Waals surface area contributed by atoms with Gasteiger partial charge in [0.1, 0.15) is 6.54 Å². The summed E-state index contributed by atoms with van der Waals surface area (Å²) in [6.45, 7) is 4.83. The lowest BCUT2D eigenvalue weighted by Crippen LogP contribution is -2.39. The first kappa shape index (κ1) is 20.1. The predicted octanol–water partition coefficient (Wildman–Crippen LogP) is 1.03. The highest BCUT2D eigenvalue weighted by Gasteiger charge is 2.15. The zero-order valence-corrected chi connectivity index (χ0v) is 14.3. The van der Waals surface area contributed by atoms with Gasteiger partial charge in [-0.2, -0.15) is 0 Å². The molecule has 1 atom stereocenters. The van der Waals surface area contributed by atoms with Crippen LogP contribution >= 0.6 is 0 Å². The van der Waals surface area contributed by atoms with Crippen LogP contribution in [0.5, 0.6) is 0 Å². The minimum absolute atomic E-state index is 0.0468. The Labute approximate surface area is 144 Å². The van der Waals surface area contributed by atoms with E-state index in [1.54, 1.807) is 0 Å². The first-order chi connectivity index (χ1) is 11.7. The number of nitrogens with one attached hydrogen (secondary N) is 2. The Morgan fingerprint density at radius 1 is 1.24 bits per heavy atom. The fourth-order valence-electron chi connectivity index (χ4n) is 1.67. The normalized spacial score (nSPS) is 11.5. The van der Waals surface area contributed by atoms with Gasteiger partial charge in [0, 0.05) is 23.7 Å². The molecule has 2 N–H and O–H groups in total. The van der Waals surface area contributed by atoms with Crippen molar-refractivity contribution in [2.45, 2.75) is 26.8 Å². The number of hydrogen-bond acceptors (Lipinski definition) is 6. The molecule has 25 heavy (non-hydrogen) atoms. The molecular weight excluding hydrogens is 330 g/mol. The number of esters is 1. The fraction of sp³-hybridized carbons (Fsp3) is 0.438. The Balaban J connectivity index is 2.41. The SMILES string of the molecule is CC(C)[C@H](C)NC(=O)COC(=O)CNC(=O)c1cccc([N+](=O)[O-])c1. The van der Waals surface area contributed by atoms with Crippen LogP contribution in [0.3, 0.4) is 0 Å². The van der Waals surface area contributed by atoms with Crippen molar-refractivity contribution in [2.24, 2.45) is 5.92 Å². The molecule has 1 aromatic rings. The molecule has 0 fully saturated rings. The van der Waals surface area contributed by atoms with Crippen LogP contribution in [0.25, 0.3) is 0 Å². The molecule has 136 valence electrons. The average molecular weight is 351 g/mol. The van der Waals surface area contributed by atoms with Gasteiger partial charge in [-0.3, -0.25) is 24.5 Å². The maximum atomic E-state index is 11.9. The third kappa shape index (κ3) is 6.98. The van der Waals surface area contributed by atoms with Gasteiger partial charge < -0.3 is 15.4 Å². The van der Waals surface area contributed by atoms with Gasteiger partial charge in [0.2, 0.25) is 0 Å². The van der Waals surface area contributed by atoms with E-state index in [1.165, 1.54) is 18.2 Å². The standard InChI is InChI=1S/C16H21N3O6/c1-10(2)11(3)18-14(20)9-25-15(21)8-17-16(22)12-5-4-6-13(7-12)19(23)24/h4-7,10-11H,8-9H2,1-3H3,(H,17,22)(H,18,20)/t11-/m0/s1. The second kappa shape index (κ2) is 9.36. The summed E-state index contributed by atoms with van der Waals surface area (Å²) in [7, 11) is 0. The molecule has 1 rings (SSSR count). The van der Waals surface area contributed by atoms with Gasteiger partial charge in [0.05, 0.1) is 4.92 Å². The van der Waals surface area contributed by atoms with Crippen LogP contribution in [-0.2, 0) is 14.3 Å². The third-order valence-electron chi connectivity index (χ3n) is 3.47. The number of rotatable bonds is 8. The molecule has 1 aromatic carbocycles. The fourth-order valence-corrected chi connectivity index (χ4v) is 1.67. The highest BCUT2D eigenvalue weighted by molar-refractivity contribution is 5.96. The highest BCUT2D eigenvalue weighted by Crippen LogP contribution is 2.12. The van der Waals surface area contributed by atoms with E-state index in [1.807, 2.05) is 20.8 Å². The number of ether oxygens (including phenoxy) is 1. The number of nitro benzene ring substituents is 1. The molecule has 0 bridgehead atoms. The maximum Gasteiger partial charge on any atom is 0.325 e. The Morgan fingerprint density at radius 3 is 2.52 bits per heavy atom. The average Bonchev–Trinajstić information content (AvgIpc) is 2.57. The molecule has 0 aliphatic rings. The summed E-state index contributed by atoms with van der Waals surface area (Å²) in [6.07, 6.45) is 0. The van der Waals surface area contributed by atoms with Crippen LogP contribution in [0.15, 0.2) is 24.3 Å². The van der Waals surface area contributed by atoms with Crippen LogP contribution < -0.4 is 10.6 Å². The Bertz CT molecular complexity index is 659. The third-order valence-corrected chi connectivity index (χ3v) is 3.47. The van der Waals surface area contributed by atoms with Crippen LogP contribution in [0.4, 0.5) is 5.69 Å². The quantitative estimate of drug-likeness (QED) is 0.409. The molecule has 0 aromatic heterocycles. The number of nitro groups is 1. The summed E-state index contributed by atoms with van der Waals surface area (Å²) in [5, 5.41) is 15.6. The van der Waals surface area contributed by atoms with Gasteiger partial charge in [-0.05, 0) is 18.9 Å². The number of nitrogens with zero attached hydrogens (tertiary/aromatic N) is 1. The van der Waals surface area contributed by atoms with Crippen LogP contribution in [-0.4, -0.2) is 41.9 Å². The summed E-state index contributed by atoms with van der Waals surface area (Å²) >= 11 is 0. The first-order valence-corrected chi connectivity index (χ1v) is 7.68. The lowest BCUT2D eigenvalue weighted by Gasteiger charge is -2.17. The molecule has 0 aliphatic carbocycles. The van der Waals surface area contributed by atoms with Crippen molar-refractivity contribution in [3.8, 4) is 0 Å². The van der Waals surface area contributed by atoms with Crippen LogP contribution in [0, 0.1) is 16.0 Å². The smallest absolute Gasteiger partial charge is 0.325 e. The molecule has 0 aliphatic heterocycles. The molecule has 0 unspecified atom stereocenters. The molecule has 0 heterocycles. The summed E-state index contributed by atoms with van der Waals surface area (Å²) in [4.78, 5) is 45.0. The Hall–Kier alpha value is -2.97. The van der Waals surface area contributed by atoms with Crippen molar-refractivity contribution in [1.82, 2.24) is 10.6 Å². The molecular formula is C16H21N3O6. The van der Waals surface area contributed by atoms with E-state index in [-0.39, 0.29) is 23.2 Å². The number of benzene rings is 1. The van der Waals surface area contributed by atoms with Crippen molar-refractivity contribution in [1.29, 1.82) is 0 Å². The number of carbonyl (C=O) groups is 3. The minimum atomic E-state index is -0.786. The van der Waals surface area contributed by atoms with Crippen LogP contribution in [0.2, 0.25) is 0 Å². The van der Waals surface area contributed by atoms with E-state index in [9.17, 15) is 24.5 Å². The highest BCUT2D eigenvalue weighted by atomic mass is 16.6. The number of amides is 2. The van der Waals surface area contributed by atoms with E-state index in [2.05, 4.69) is 10.6 Å². The van der Waals surface area contributed by atoms with Crippen molar-refractivity contribution in [2.75, 3.05) is 13.2 Å². The number of non-ortho nitro benzene ring substituents is 1. The van der Waals surface area contributed by atoms with Gasteiger partial charge >= 0.3 is 5.97 Å². The second-order valence-electron chi connectivity index (χ2n) is 5.75. The van der Waals surface area contributed by atoms with Crippen LogP contribution in [0.1, 0.15) is 31.1 Å². The monoisotopic (exact) mass is 351 g/mol. The molecule has 2 amide bonds. The first-order valence-electron chi connectivity index (χ1n) is 7.68. The minimum Gasteiger partial charge on any atom is -0.454 e. The molecule has 0 saturated carbocycles. The van der Waals surface area contributed by atoms with Gasteiger partial charge in [0.15, 0.2) is 6.61 Å². The molecule has 0 saturated heterocycles. The van der Waals surface area contributed by atoms with E-state index < -0.39 is 35.9 Å². The van der Waals surface area contributed by atoms with Crippen molar-refractivity contribution in [3.63, 3.8) is 0 Å². The zero-order chi connectivity index (χ0) is 19.0. The van der Waals surface area contributed by atoms with E-state index in [0.29, 0.717) is 0 Å². The Kier molecular flexibility index (Phi) is 7.51. The van der Waals surface area contributed by atoms with E-state index >= 15 is 0 Å². The molecule has 0 spiro atoms. The zero-order valence-electron chi connectivity index (χ0n) is 14.3. The van der Waals surface area contributed by atoms with E-state index in [4.69, 9.17) is 4.74 Å². The van der Waals surface area contributed by atoms with E-state index in [0.717, 1.165) is 6.07 Å². The largest absolute Gasteiger partial charge is 0.454 e. The molecule has 9 heteroatoms. The summed E-state index contributed by atoms with van der Waals surface area (Å²) in [5.41, 5.74) is -0.184. The van der Waals surface area contributed by atoms with Gasteiger partial charge in [0.25, 0.3) is 17.5 Å². The number of carbonyl (C=O) groups excluding carboxylic acids is 3. The summed E-state index contributed by atoms with van der Waals surface area (Å²) in [6, 6.07) is 5.04. The van der Waals surface area contributed by atoms with Gasteiger partial charge in [-0.15, -0.1) is 0 Å². The maximum absolute atomic E-state index is 11.9. The predicted molar refractivity (Wildman–Crippen MR) is 88.8 cm³/mol. The summed E-state index contributed by atoms with van der Waals surface area (Å²) in [5.74, 6) is -1.63. The summed E-state index contributed by atoms with van der Waals surface area (Å²) < 4.78 is 4.76. The lowest BCUT2D eigenvalue weighted by molar-refractivity contribution is -0.384. The Morgan fingerprint density at radius 2 is 1.92 bits per heavy atom. The van der Waals surface area contributed by atoms with Gasteiger partial charge in [-0.25, -0.2) is 0 Å². The molecule has 0 radical (unpaired) electrons. The van der Waals surface area contributed by atoms with Crippen molar-refractivity contribution < 1.29 is 24.0 Å². The lowest BCUT2D eigenvalue weighted by atomic mass is 10.1. The van der Waals surface area contributed by atoms with Gasteiger partial charge in [-0.1, -0.05) is 19.9 Å².